The number of rotatable bonds is 10. The van der Waals surface area contributed by atoms with Crippen molar-refractivity contribution < 1.29 is 9.53 Å². The third kappa shape index (κ3) is 10.0. The second-order valence-corrected chi connectivity index (χ2v) is 8.55. The Morgan fingerprint density at radius 1 is 1.09 bits per heavy atom. The third-order valence-electron chi connectivity index (χ3n) is 4.91. The van der Waals surface area contributed by atoms with Gasteiger partial charge >= 0.3 is 0 Å². The maximum absolute atomic E-state index is 12.2. The number of nitrogens with zero attached hydrogens (tertiary/aromatic N) is 2. The van der Waals surface area contributed by atoms with Crippen LogP contribution in [-0.2, 0) is 6.42 Å². The molecule has 0 heterocycles. The van der Waals surface area contributed by atoms with Crippen LogP contribution in [0.4, 0.5) is 0 Å². The molecule has 0 fully saturated rings. The number of ether oxygens (including phenoxy) is 1. The number of benzene rings is 2. The summed E-state index contributed by atoms with van der Waals surface area (Å²) in [6.45, 7) is 10.6. The van der Waals surface area contributed by atoms with Crippen LogP contribution in [0.25, 0.3) is 0 Å². The van der Waals surface area contributed by atoms with Crippen molar-refractivity contribution in [1.29, 1.82) is 0 Å². The number of hydrogen-bond donors (Lipinski definition) is 2. The minimum absolute atomic E-state index is 0. The van der Waals surface area contributed by atoms with Gasteiger partial charge in [-0.3, -0.25) is 9.79 Å². The summed E-state index contributed by atoms with van der Waals surface area (Å²) < 4.78 is 5.77. The molecule has 0 radical (unpaired) electrons. The van der Waals surface area contributed by atoms with E-state index in [9.17, 15) is 4.79 Å². The number of amides is 1. The molecule has 7 heteroatoms. The molecule has 33 heavy (non-hydrogen) atoms. The number of hydrogen-bond acceptors (Lipinski definition) is 3. The molecule has 0 saturated heterocycles. The SMILES string of the molecule is CCNC(=NCCc1cccc(C(=O)N(C)C)c1)NC(C)c1ccc(OCC(C)C)cc1.I. The Hall–Kier alpha value is -2.29. The molecule has 0 aliphatic heterocycles. The molecule has 1 unspecified atom stereocenters. The molecule has 0 aliphatic rings. The van der Waals surface area contributed by atoms with Gasteiger partial charge in [-0.25, -0.2) is 0 Å². The summed E-state index contributed by atoms with van der Waals surface area (Å²) in [4.78, 5) is 18.5. The van der Waals surface area contributed by atoms with Crippen molar-refractivity contribution in [2.45, 2.75) is 40.2 Å². The van der Waals surface area contributed by atoms with Gasteiger partial charge in [0.1, 0.15) is 5.75 Å². The maximum Gasteiger partial charge on any atom is 0.253 e. The number of carbonyl (C=O) groups excluding carboxylic acids is 1. The average molecular weight is 567 g/mol. The van der Waals surface area contributed by atoms with Crippen molar-refractivity contribution in [2.75, 3.05) is 33.8 Å². The summed E-state index contributed by atoms with van der Waals surface area (Å²) in [6, 6.07) is 16.1. The highest BCUT2D eigenvalue weighted by Crippen LogP contribution is 2.18. The first-order valence-electron chi connectivity index (χ1n) is 11.4. The second kappa shape index (κ2) is 14.8. The van der Waals surface area contributed by atoms with E-state index in [1.807, 2.05) is 36.4 Å². The summed E-state index contributed by atoms with van der Waals surface area (Å²) in [7, 11) is 3.53. The highest BCUT2D eigenvalue weighted by molar-refractivity contribution is 14.0. The maximum atomic E-state index is 12.2. The Morgan fingerprint density at radius 3 is 2.39 bits per heavy atom. The van der Waals surface area contributed by atoms with Crippen LogP contribution in [0.15, 0.2) is 53.5 Å². The molecule has 182 valence electrons. The molecule has 0 bridgehead atoms. The van der Waals surface area contributed by atoms with Crippen LogP contribution >= 0.6 is 24.0 Å². The van der Waals surface area contributed by atoms with Gasteiger partial charge in [-0.2, -0.15) is 0 Å². The lowest BCUT2D eigenvalue weighted by Gasteiger charge is -2.19. The largest absolute Gasteiger partial charge is 0.493 e. The lowest BCUT2D eigenvalue weighted by atomic mass is 10.1. The van der Waals surface area contributed by atoms with E-state index in [2.05, 4.69) is 50.5 Å². The molecule has 6 nitrogen and oxygen atoms in total. The van der Waals surface area contributed by atoms with E-state index < -0.39 is 0 Å². The molecule has 2 N–H and O–H groups in total. The lowest BCUT2D eigenvalue weighted by Crippen LogP contribution is -2.38. The second-order valence-electron chi connectivity index (χ2n) is 8.55. The molecule has 2 aromatic rings. The van der Waals surface area contributed by atoms with Gasteiger partial charge in [0.15, 0.2) is 5.96 Å². The van der Waals surface area contributed by atoms with E-state index in [4.69, 9.17) is 9.73 Å². The number of aliphatic imine (C=N–C) groups is 1. The summed E-state index contributed by atoms with van der Waals surface area (Å²) in [5, 5.41) is 6.78. The molecule has 2 aromatic carbocycles. The van der Waals surface area contributed by atoms with Crippen LogP contribution in [0.3, 0.4) is 0 Å². The van der Waals surface area contributed by atoms with Crippen LogP contribution in [0, 0.1) is 5.92 Å². The van der Waals surface area contributed by atoms with Crippen LogP contribution in [0.5, 0.6) is 5.75 Å². The first-order chi connectivity index (χ1) is 15.3. The van der Waals surface area contributed by atoms with E-state index in [1.165, 1.54) is 5.56 Å². The van der Waals surface area contributed by atoms with E-state index in [0.717, 1.165) is 36.8 Å². The molecular weight excluding hydrogens is 527 g/mol. The summed E-state index contributed by atoms with van der Waals surface area (Å²) in [6.07, 6.45) is 0.765. The van der Waals surface area contributed by atoms with E-state index in [-0.39, 0.29) is 35.9 Å². The molecule has 0 saturated carbocycles. The summed E-state index contributed by atoms with van der Waals surface area (Å²) in [5.41, 5.74) is 2.97. The molecule has 2 rings (SSSR count). The predicted molar refractivity (Wildman–Crippen MR) is 148 cm³/mol. The van der Waals surface area contributed by atoms with Crippen molar-refractivity contribution in [1.82, 2.24) is 15.5 Å². The third-order valence-corrected chi connectivity index (χ3v) is 4.91. The first kappa shape index (κ1) is 28.7. The zero-order valence-electron chi connectivity index (χ0n) is 20.7. The number of halogens is 1. The number of guanidine groups is 1. The van der Waals surface area contributed by atoms with Crippen LogP contribution < -0.4 is 15.4 Å². The summed E-state index contributed by atoms with van der Waals surface area (Å²) >= 11 is 0. The molecule has 0 aliphatic carbocycles. The topological polar surface area (TPSA) is 66.0 Å². The minimum atomic E-state index is 0. The molecule has 0 spiro atoms. The van der Waals surface area contributed by atoms with Gasteiger partial charge in [0, 0.05) is 32.7 Å². The van der Waals surface area contributed by atoms with E-state index >= 15 is 0 Å². The van der Waals surface area contributed by atoms with Crippen molar-refractivity contribution >= 4 is 35.8 Å². The Balaban J connectivity index is 0.00000544. The van der Waals surface area contributed by atoms with Crippen LogP contribution in [0.2, 0.25) is 0 Å². The van der Waals surface area contributed by atoms with Gasteiger partial charge < -0.3 is 20.3 Å². The van der Waals surface area contributed by atoms with Crippen molar-refractivity contribution in [3.8, 4) is 5.75 Å². The molecule has 1 atom stereocenters. The van der Waals surface area contributed by atoms with Crippen molar-refractivity contribution in [3.63, 3.8) is 0 Å². The molecular formula is C26H39IN4O2. The van der Waals surface area contributed by atoms with E-state index in [1.54, 1.807) is 19.0 Å². The van der Waals surface area contributed by atoms with Gasteiger partial charge in [0.05, 0.1) is 12.6 Å². The highest BCUT2D eigenvalue weighted by atomic mass is 127. The fourth-order valence-electron chi connectivity index (χ4n) is 3.14. The number of nitrogens with one attached hydrogen (secondary N) is 2. The van der Waals surface area contributed by atoms with Gasteiger partial charge in [0.2, 0.25) is 0 Å². The van der Waals surface area contributed by atoms with Gasteiger partial charge in [-0.05, 0) is 61.6 Å². The monoisotopic (exact) mass is 566 g/mol. The fourth-order valence-corrected chi connectivity index (χ4v) is 3.14. The van der Waals surface area contributed by atoms with Gasteiger partial charge in [-0.15, -0.1) is 24.0 Å². The zero-order valence-corrected chi connectivity index (χ0v) is 23.1. The normalized spacial score (nSPS) is 12.0. The standard InChI is InChI=1S/C26H38N4O2.HI/c1-7-27-26(28-16-15-21-9-8-10-23(17-21)25(31)30(5)6)29-20(4)22-11-13-24(14-12-22)32-18-19(2)3;/h8-14,17,19-20H,7,15-16,18H2,1-6H3,(H2,27,28,29);1H. The Kier molecular flexibility index (Phi) is 12.9. The predicted octanol–water partition coefficient (Wildman–Crippen LogP) is 4.90. The molecule has 0 aromatic heterocycles. The van der Waals surface area contributed by atoms with Crippen LogP contribution in [0.1, 0.15) is 55.2 Å². The quantitative estimate of drug-likeness (QED) is 0.244. The van der Waals surface area contributed by atoms with Crippen molar-refractivity contribution in [2.24, 2.45) is 10.9 Å². The molecule has 1 amide bonds. The first-order valence-corrected chi connectivity index (χ1v) is 11.4. The Morgan fingerprint density at radius 2 is 1.79 bits per heavy atom. The highest BCUT2D eigenvalue weighted by Gasteiger charge is 2.10. The lowest BCUT2D eigenvalue weighted by molar-refractivity contribution is 0.0827. The van der Waals surface area contributed by atoms with Gasteiger partial charge in [-0.1, -0.05) is 38.1 Å². The van der Waals surface area contributed by atoms with E-state index in [0.29, 0.717) is 18.0 Å². The van der Waals surface area contributed by atoms with Crippen LogP contribution in [-0.4, -0.2) is 50.6 Å². The fraction of sp³-hybridized carbons (Fsp3) is 0.462. The number of carbonyl (C=O) groups is 1. The van der Waals surface area contributed by atoms with Gasteiger partial charge in [0.25, 0.3) is 5.91 Å². The smallest absolute Gasteiger partial charge is 0.253 e. The zero-order chi connectivity index (χ0) is 23.5. The summed E-state index contributed by atoms with van der Waals surface area (Å²) in [5.74, 6) is 2.19. The minimum Gasteiger partial charge on any atom is -0.493 e. The Bertz CT molecular complexity index is 882. The van der Waals surface area contributed by atoms with Crippen molar-refractivity contribution in [3.05, 3.63) is 65.2 Å². The Labute approximate surface area is 216 Å². The average Bonchev–Trinajstić information content (AvgIpc) is 2.77.